The molecule has 1 saturated carbocycles. The van der Waals surface area contributed by atoms with E-state index < -0.39 is 15.9 Å². The Bertz CT molecular complexity index is 1160. The van der Waals surface area contributed by atoms with Crippen LogP contribution in [0.25, 0.3) is 0 Å². The topological polar surface area (TPSA) is 119 Å². The van der Waals surface area contributed by atoms with Crippen molar-refractivity contribution in [3.05, 3.63) is 53.1 Å². The Morgan fingerprint density at radius 2 is 2.00 bits per heavy atom. The van der Waals surface area contributed by atoms with Gasteiger partial charge in [0.15, 0.2) is 0 Å². The molecule has 1 fully saturated rings. The molecule has 0 radical (unpaired) electrons. The summed E-state index contributed by atoms with van der Waals surface area (Å²) in [7, 11) is -3.68. The van der Waals surface area contributed by atoms with Crippen molar-refractivity contribution in [3.8, 4) is 11.5 Å². The average molecular weight is 459 g/mol. The highest BCUT2D eigenvalue weighted by atomic mass is 32.2. The van der Waals surface area contributed by atoms with Crippen LogP contribution in [-0.4, -0.2) is 25.0 Å². The molecule has 172 valence electrons. The fourth-order valence-corrected chi connectivity index (χ4v) is 5.92. The zero-order valence-electron chi connectivity index (χ0n) is 18.6. The lowest BCUT2D eigenvalue weighted by molar-refractivity contribution is -0.0145. The van der Waals surface area contributed by atoms with Gasteiger partial charge >= 0.3 is 0 Å². The number of hydrogen-bond donors (Lipinski definition) is 3. The van der Waals surface area contributed by atoms with E-state index in [-0.39, 0.29) is 34.5 Å². The third-order valence-corrected chi connectivity index (χ3v) is 7.46. The lowest BCUT2D eigenvalue weighted by Crippen LogP contribution is -2.46. The number of hydrogen-bond acceptors (Lipinski definition) is 5. The molecule has 0 unspecified atom stereocenters. The van der Waals surface area contributed by atoms with E-state index in [2.05, 4.69) is 26.1 Å². The molecule has 7 nitrogen and oxygen atoms in total. The van der Waals surface area contributed by atoms with Crippen LogP contribution in [0.15, 0.2) is 36.4 Å². The smallest absolute Gasteiger partial charge is 0.259 e. The first-order valence-corrected chi connectivity index (χ1v) is 12.6. The minimum atomic E-state index is -3.68. The maximum absolute atomic E-state index is 13.0. The van der Waals surface area contributed by atoms with Gasteiger partial charge in [-0.3, -0.25) is 4.79 Å². The lowest BCUT2D eigenvalue weighted by Gasteiger charge is -2.48. The summed E-state index contributed by atoms with van der Waals surface area (Å²) in [5, 5.41) is 19.0. The first-order chi connectivity index (χ1) is 14.9. The van der Waals surface area contributed by atoms with Crippen molar-refractivity contribution in [1.29, 1.82) is 0 Å². The van der Waals surface area contributed by atoms with Crippen molar-refractivity contribution >= 4 is 21.6 Å². The Labute approximate surface area is 189 Å². The molecule has 4 rings (SSSR count). The molecule has 1 amide bonds. The number of primary sulfonamides is 1. The van der Waals surface area contributed by atoms with Crippen molar-refractivity contribution in [2.24, 2.45) is 17.0 Å². The summed E-state index contributed by atoms with van der Waals surface area (Å²) in [6.45, 7) is 6.41. The number of rotatable bonds is 4. The van der Waals surface area contributed by atoms with Crippen LogP contribution in [0.3, 0.4) is 0 Å². The maximum Gasteiger partial charge on any atom is 0.259 e. The van der Waals surface area contributed by atoms with Gasteiger partial charge in [-0.1, -0.05) is 25.5 Å². The molecule has 1 aliphatic carbocycles. The van der Waals surface area contributed by atoms with E-state index in [4.69, 9.17) is 9.88 Å². The monoisotopic (exact) mass is 458 g/mol. The van der Waals surface area contributed by atoms with Gasteiger partial charge in [-0.2, -0.15) is 0 Å². The number of ether oxygens (including phenoxy) is 1. The summed E-state index contributed by atoms with van der Waals surface area (Å²) in [6, 6.07) is 9.82. The zero-order chi connectivity index (χ0) is 23.3. The largest absolute Gasteiger partial charge is 0.507 e. The number of carbonyl (C=O) groups excluding carboxylic acids is 1. The number of nitrogens with two attached hydrogens (primary N) is 1. The summed E-state index contributed by atoms with van der Waals surface area (Å²) < 4.78 is 29.0. The molecular formula is C24H30N2O5S. The van der Waals surface area contributed by atoms with Crippen LogP contribution >= 0.6 is 0 Å². The standard InChI is InChI=1S/C24H30N2O5S/c1-14-7-9-19-18(11-14)21-20(31-24(19,2)3)10-8-17(22(21)27)23(28)26-16-6-4-5-15(12-16)13-32(25,29)30/h4-6,8,10,12,14,18-19,27H,7,9,11,13H2,1-3H3,(H,26,28)(H2,25,29,30)/t14-,18-,19-/m1/s1. The van der Waals surface area contributed by atoms with Crippen LogP contribution in [0, 0.1) is 11.8 Å². The summed E-state index contributed by atoms with van der Waals surface area (Å²) in [6.07, 6.45) is 3.09. The van der Waals surface area contributed by atoms with Crippen LogP contribution < -0.4 is 15.2 Å². The molecule has 2 aromatic carbocycles. The number of fused-ring (bicyclic) bond motifs is 3. The number of anilines is 1. The zero-order valence-corrected chi connectivity index (χ0v) is 19.4. The molecule has 2 aromatic rings. The molecule has 8 heteroatoms. The van der Waals surface area contributed by atoms with Gasteiger partial charge < -0.3 is 15.2 Å². The Morgan fingerprint density at radius 1 is 1.25 bits per heavy atom. The Morgan fingerprint density at radius 3 is 2.72 bits per heavy atom. The van der Waals surface area contributed by atoms with E-state index >= 15 is 0 Å². The third-order valence-electron chi connectivity index (χ3n) is 6.72. The first kappa shape index (κ1) is 22.6. The molecule has 0 saturated heterocycles. The minimum Gasteiger partial charge on any atom is -0.507 e. The van der Waals surface area contributed by atoms with Gasteiger partial charge in [-0.25, -0.2) is 13.6 Å². The van der Waals surface area contributed by atoms with E-state index in [9.17, 15) is 18.3 Å². The van der Waals surface area contributed by atoms with Crippen molar-refractivity contribution in [3.63, 3.8) is 0 Å². The van der Waals surface area contributed by atoms with Crippen LogP contribution in [0.1, 0.15) is 67.4 Å². The van der Waals surface area contributed by atoms with Gasteiger partial charge in [0.05, 0.1) is 11.3 Å². The van der Waals surface area contributed by atoms with Crippen LogP contribution in [0.5, 0.6) is 11.5 Å². The highest BCUT2D eigenvalue weighted by Crippen LogP contribution is 2.55. The molecule has 1 aliphatic heterocycles. The second-order valence-electron chi connectivity index (χ2n) is 9.67. The van der Waals surface area contributed by atoms with Gasteiger partial charge in [0, 0.05) is 17.2 Å². The summed E-state index contributed by atoms with van der Waals surface area (Å²) in [5.74, 6) is 0.734. The number of amides is 1. The summed E-state index contributed by atoms with van der Waals surface area (Å²) in [5.41, 5.74) is 1.44. The maximum atomic E-state index is 13.0. The van der Waals surface area contributed by atoms with Gasteiger partial charge in [-0.05, 0) is 68.4 Å². The van der Waals surface area contributed by atoms with Crippen molar-refractivity contribution in [1.82, 2.24) is 0 Å². The normalized spacial score (nSPS) is 24.1. The number of aromatic hydroxyl groups is 1. The third kappa shape index (κ3) is 4.47. The predicted octanol–water partition coefficient (Wildman–Crippen LogP) is 4.12. The van der Waals surface area contributed by atoms with E-state index in [1.54, 1.807) is 36.4 Å². The summed E-state index contributed by atoms with van der Waals surface area (Å²) >= 11 is 0. The second-order valence-corrected chi connectivity index (χ2v) is 11.3. The Hall–Kier alpha value is -2.58. The first-order valence-electron chi connectivity index (χ1n) is 10.9. The molecule has 1 heterocycles. The summed E-state index contributed by atoms with van der Waals surface area (Å²) in [4.78, 5) is 13.0. The molecule has 0 spiro atoms. The van der Waals surface area contributed by atoms with Crippen LogP contribution in [-0.2, 0) is 15.8 Å². The molecule has 4 N–H and O–H groups in total. The highest BCUT2D eigenvalue weighted by Gasteiger charge is 2.47. The minimum absolute atomic E-state index is 0.0414. The number of phenols is 1. The van der Waals surface area contributed by atoms with Gasteiger partial charge in [0.1, 0.15) is 17.1 Å². The van der Waals surface area contributed by atoms with E-state index in [1.807, 2.05) is 0 Å². The van der Waals surface area contributed by atoms with E-state index in [0.29, 0.717) is 22.9 Å². The number of nitrogens with one attached hydrogen (secondary N) is 1. The molecular weight excluding hydrogens is 428 g/mol. The van der Waals surface area contributed by atoms with Crippen molar-refractivity contribution in [2.45, 2.75) is 57.3 Å². The SMILES string of the molecule is C[C@@H]1CC[C@@H]2[C@@H](C1)c1c(ccc(C(=O)Nc3cccc(CS(N)(=O)=O)c3)c1O)OC2(C)C. The number of benzene rings is 2. The molecule has 32 heavy (non-hydrogen) atoms. The average Bonchev–Trinajstić information content (AvgIpc) is 2.66. The number of sulfonamides is 1. The Kier molecular flexibility index (Phi) is 5.71. The predicted molar refractivity (Wildman–Crippen MR) is 123 cm³/mol. The molecule has 2 aliphatic rings. The van der Waals surface area contributed by atoms with E-state index in [0.717, 1.165) is 24.8 Å². The molecule has 3 atom stereocenters. The van der Waals surface area contributed by atoms with Crippen LogP contribution in [0.4, 0.5) is 5.69 Å². The Balaban J connectivity index is 1.64. The molecule has 0 aromatic heterocycles. The van der Waals surface area contributed by atoms with Crippen LogP contribution in [0.2, 0.25) is 0 Å². The molecule has 0 bridgehead atoms. The lowest BCUT2D eigenvalue weighted by atomic mass is 9.64. The van der Waals surface area contributed by atoms with Gasteiger partial charge in [-0.15, -0.1) is 0 Å². The number of carbonyl (C=O) groups is 1. The highest BCUT2D eigenvalue weighted by molar-refractivity contribution is 7.88. The fourth-order valence-electron chi connectivity index (χ4n) is 5.28. The van der Waals surface area contributed by atoms with E-state index in [1.165, 1.54) is 0 Å². The van der Waals surface area contributed by atoms with Crippen molar-refractivity contribution < 1.29 is 23.1 Å². The quantitative estimate of drug-likeness (QED) is 0.637. The fraction of sp³-hybridized carbons (Fsp3) is 0.458. The van der Waals surface area contributed by atoms with Crippen molar-refractivity contribution in [2.75, 3.05) is 5.32 Å². The van der Waals surface area contributed by atoms with Gasteiger partial charge in [0.2, 0.25) is 10.0 Å². The number of phenolic OH excluding ortho intramolecular Hbond substituents is 1. The van der Waals surface area contributed by atoms with Gasteiger partial charge in [0.25, 0.3) is 5.91 Å². The second kappa shape index (κ2) is 8.08.